The predicted octanol–water partition coefficient (Wildman–Crippen LogP) is -0.387. The molecule has 2 amide bonds. The Bertz CT molecular complexity index is 693. The van der Waals surface area contributed by atoms with Gasteiger partial charge in [-0.05, 0) is 11.5 Å². The number of aliphatic hydroxyl groups is 5. The van der Waals surface area contributed by atoms with Crippen LogP contribution in [0.1, 0.15) is 35.1 Å². The Hall–Kier alpha value is -0.850. The molecule has 0 aromatic heterocycles. The minimum Gasteiger partial charge on any atom is -0.389 e. The highest BCUT2D eigenvalue weighted by molar-refractivity contribution is 8.00. The summed E-state index contributed by atoms with van der Waals surface area (Å²) in [6.45, 7) is 7.38. The Labute approximate surface area is 261 Å². The van der Waals surface area contributed by atoms with E-state index in [-0.39, 0.29) is 36.5 Å². The van der Waals surface area contributed by atoms with Gasteiger partial charge in [-0.3, -0.25) is 19.2 Å². The number of nitrogens with one attached hydrogen (secondary N) is 2. The molecule has 0 spiro atoms. The number of thioether (sulfide) groups is 4. The van der Waals surface area contributed by atoms with Gasteiger partial charge in [0.05, 0.1) is 17.6 Å². The summed E-state index contributed by atoms with van der Waals surface area (Å²) < 4.78 is 0. The summed E-state index contributed by atoms with van der Waals surface area (Å²) in [5.41, 5.74) is 0. The number of aldehydes is 1. The van der Waals surface area contributed by atoms with Gasteiger partial charge in [-0.25, -0.2) is 0 Å². The summed E-state index contributed by atoms with van der Waals surface area (Å²) in [6, 6.07) is 0. The lowest BCUT2D eigenvalue weighted by Gasteiger charge is -2.21. The molecule has 0 rings (SSSR count). The second-order valence-corrected chi connectivity index (χ2v) is 12.6. The number of Topliss-reactive ketones (excluding diaryl/α,β-unsaturated/α-hetero) is 2. The molecule has 0 bridgehead atoms. The number of hydrogen-bond acceptors (Lipinski definition) is 14. The van der Waals surface area contributed by atoms with E-state index in [9.17, 15) is 39.3 Å². The van der Waals surface area contributed by atoms with Crippen LogP contribution in [0.4, 0.5) is 0 Å². The molecular weight excluding hydrogens is 617 g/mol. The van der Waals surface area contributed by atoms with Crippen LogP contribution >= 0.6 is 47.0 Å². The normalized spacial score (nSPS) is 12.9. The van der Waals surface area contributed by atoms with Crippen LogP contribution in [0.5, 0.6) is 0 Å². The molecule has 1 unspecified atom stereocenters. The van der Waals surface area contributed by atoms with E-state index in [0.717, 1.165) is 11.5 Å². The number of ketones is 2. The van der Waals surface area contributed by atoms with Crippen LogP contribution < -0.4 is 10.6 Å². The van der Waals surface area contributed by atoms with Gasteiger partial charge in [0, 0.05) is 49.9 Å². The smallest absolute Gasteiger partial charge is 0.216 e. The van der Waals surface area contributed by atoms with Gasteiger partial charge in [-0.15, -0.1) is 0 Å². The Morgan fingerprint density at radius 3 is 1.66 bits per heavy atom. The van der Waals surface area contributed by atoms with Crippen molar-refractivity contribution in [2.45, 2.75) is 59.5 Å². The molecule has 7 N–H and O–H groups in total. The highest BCUT2D eigenvalue weighted by Crippen LogP contribution is 2.11. The number of hydrogen-bond donors (Lipinski definition) is 7. The second kappa shape index (κ2) is 33.6. The first kappa shape index (κ1) is 47.1. The second-order valence-electron chi connectivity index (χ2n) is 7.76. The molecule has 12 nitrogen and oxygen atoms in total. The summed E-state index contributed by atoms with van der Waals surface area (Å²) in [7, 11) is 0. The molecule has 41 heavy (non-hydrogen) atoms. The van der Waals surface area contributed by atoms with Crippen molar-refractivity contribution in [1.29, 1.82) is 0 Å². The largest absolute Gasteiger partial charge is 0.389 e. The van der Waals surface area contributed by atoms with E-state index in [1.54, 1.807) is 11.8 Å². The van der Waals surface area contributed by atoms with E-state index in [1.807, 2.05) is 13.8 Å². The van der Waals surface area contributed by atoms with Crippen molar-refractivity contribution < 1.29 is 49.5 Å². The zero-order chi connectivity index (χ0) is 31.3. The lowest BCUT2D eigenvalue weighted by Crippen LogP contribution is -2.44. The Kier molecular flexibility index (Phi) is 38.6. The molecule has 0 saturated carbocycles. The third kappa shape index (κ3) is 35.3. The van der Waals surface area contributed by atoms with Gasteiger partial charge in [-0.1, -0.05) is 21.3 Å². The van der Waals surface area contributed by atoms with Gasteiger partial charge in [0.25, 0.3) is 0 Å². The molecule has 0 fully saturated rings. The fourth-order valence-electron chi connectivity index (χ4n) is 2.10. The maximum absolute atomic E-state index is 11.6. The monoisotopic (exact) mass is 666 g/mol. The molecular formula is C25H50N2O10S4. The first-order valence-electron chi connectivity index (χ1n) is 12.5. The Balaban J connectivity index is -0.000000277. The Morgan fingerprint density at radius 2 is 1.24 bits per heavy atom. The standard InChI is InChI=1S/C12H23NO5S2.C7H13NO3S.C5H10O2S.CH4/c1-3-19-6-9(15)11(17)12(18)10(16)7-20-5-4-13-8(2)14;1-6(10)8-2-3-12-5-7(11)4-9;1-2-8-4-5(7)3-6;/h9,11-12,15,17-18H,3-7H2,1-2H3,(H,13,14);9H,2-5H2,1H3,(H,8,10);3,5,7H,2,4H2,1H3;1H4/t9-,11+,12+;;;/m0.../s1. The fourth-order valence-corrected chi connectivity index (χ4v) is 4.81. The van der Waals surface area contributed by atoms with Crippen molar-refractivity contribution in [2.75, 3.05) is 65.7 Å². The van der Waals surface area contributed by atoms with Gasteiger partial charge in [0.15, 0.2) is 11.6 Å². The maximum atomic E-state index is 11.6. The topological polar surface area (TPSA) is 211 Å². The van der Waals surface area contributed by atoms with Crippen molar-refractivity contribution in [1.82, 2.24) is 10.6 Å². The lowest BCUT2D eigenvalue weighted by molar-refractivity contribution is -0.134. The molecule has 0 aromatic carbocycles. The maximum Gasteiger partial charge on any atom is 0.216 e. The number of amides is 2. The first-order valence-corrected chi connectivity index (χ1v) is 17.1. The predicted molar refractivity (Wildman–Crippen MR) is 172 cm³/mol. The van der Waals surface area contributed by atoms with Gasteiger partial charge in [-0.2, -0.15) is 47.0 Å². The lowest BCUT2D eigenvalue weighted by atomic mass is 10.1. The van der Waals surface area contributed by atoms with Gasteiger partial charge in [0.1, 0.15) is 31.2 Å². The van der Waals surface area contributed by atoms with Crippen LogP contribution in [-0.4, -0.2) is 145 Å². The molecule has 0 aliphatic carbocycles. The Morgan fingerprint density at radius 1 is 0.780 bits per heavy atom. The highest BCUT2D eigenvalue weighted by Gasteiger charge is 2.29. The minimum atomic E-state index is -1.57. The number of carbonyl (C=O) groups is 5. The van der Waals surface area contributed by atoms with E-state index in [4.69, 9.17) is 10.2 Å². The molecule has 4 atom stereocenters. The van der Waals surface area contributed by atoms with E-state index >= 15 is 0 Å². The van der Waals surface area contributed by atoms with Crippen molar-refractivity contribution >= 4 is 76.7 Å². The van der Waals surface area contributed by atoms with Gasteiger partial charge >= 0.3 is 0 Å². The number of aliphatic hydroxyl groups excluding tert-OH is 5. The van der Waals surface area contributed by atoms with Crippen LogP contribution in [0, 0.1) is 0 Å². The van der Waals surface area contributed by atoms with Crippen LogP contribution in [-0.2, 0) is 24.0 Å². The van der Waals surface area contributed by atoms with Crippen molar-refractivity contribution in [3.8, 4) is 0 Å². The van der Waals surface area contributed by atoms with Crippen LogP contribution in [0.2, 0.25) is 0 Å². The molecule has 0 aliphatic heterocycles. The third-order valence-electron chi connectivity index (χ3n) is 4.11. The summed E-state index contributed by atoms with van der Waals surface area (Å²) in [6.07, 6.45) is -4.36. The summed E-state index contributed by atoms with van der Waals surface area (Å²) in [4.78, 5) is 52.9. The van der Waals surface area contributed by atoms with Crippen molar-refractivity contribution in [3.05, 3.63) is 0 Å². The quantitative estimate of drug-likeness (QED) is 0.0615. The van der Waals surface area contributed by atoms with Crippen molar-refractivity contribution in [2.24, 2.45) is 0 Å². The molecule has 0 heterocycles. The van der Waals surface area contributed by atoms with Crippen LogP contribution in [0.15, 0.2) is 0 Å². The molecule has 0 radical (unpaired) electrons. The first-order chi connectivity index (χ1) is 18.9. The SMILES string of the molecule is C.CC(=O)NCCSCC(=O)CO.CCSCC(O)C=O.CCSC[C@H](O)[C@@H](O)[C@H](O)C(=O)CSCCNC(C)=O. The zero-order valence-corrected chi connectivity index (χ0v) is 26.8. The molecule has 244 valence electrons. The average molecular weight is 667 g/mol. The van der Waals surface area contributed by atoms with Gasteiger partial charge in [0.2, 0.25) is 11.8 Å². The summed E-state index contributed by atoms with van der Waals surface area (Å²) in [5.74, 6) is 3.23. The van der Waals surface area contributed by atoms with E-state index in [1.165, 1.54) is 49.1 Å². The van der Waals surface area contributed by atoms with Gasteiger partial charge < -0.3 is 41.0 Å². The summed E-state index contributed by atoms with van der Waals surface area (Å²) in [5, 5.41) is 51.0. The van der Waals surface area contributed by atoms with E-state index in [0.29, 0.717) is 42.4 Å². The fraction of sp³-hybridized carbons (Fsp3) is 0.800. The van der Waals surface area contributed by atoms with E-state index < -0.39 is 36.8 Å². The molecule has 0 aromatic rings. The highest BCUT2D eigenvalue weighted by atomic mass is 32.2. The minimum absolute atomic E-state index is 0. The average Bonchev–Trinajstić information content (AvgIpc) is 2.93. The number of rotatable bonds is 21. The van der Waals surface area contributed by atoms with Crippen LogP contribution in [0.25, 0.3) is 0 Å². The molecule has 16 heteroatoms. The molecule has 0 saturated heterocycles. The van der Waals surface area contributed by atoms with Crippen molar-refractivity contribution in [3.63, 3.8) is 0 Å². The third-order valence-corrected chi connectivity index (χ3v) is 8.09. The van der Waals surface area contributed by atoms with Crippen LogP contribution in [0.3, 0.4) is 0 Å². The zero-order valence-electron chi connectivity index (χ0n) is 23.6. The number of carbonyl (C=O) groups excluding carboxylic acids is 5. The summed E-state index contributed by atoms with van der Waals surface area (Å²) >= 11 is 5.64. The molecule has 0 aliphatic rings. The van der Waals surface area contributed by atoms with E-state index in [2.05, 4.69) is 10.6 Å².